The Kier molecular flexibility index (Phi) is 5.74. The van der Waals surface area contributed by atoms with Gasteiger partial charge in [-0.3, -0.25) is 4.79 Å². The van der Waals surface area contributed by atoms with Crippen LogP contribution in [0, 0.1) is 0 Å². The van der Waals surface area contributed by atoms with Gasteiger partial charge in [0.25, 0.3) is 0 Å². The highest BCUT2D eigenvalue weighted by Crippen LogP contribution is 2.12. The lowest BCUT2D eigenvalue weighted by Crippen LogP contribution is -2.21. The van der Waals surface area contributed by atoms with Crippen molar-refractivity contribution in [3.05, 3.63) is 59.7 Å². The van der Waals surface area contributed by atoms with Crippen molar-refractivity contribution in [1.82, 2.24) is 5.43 Å². The number of carbonyl (C=O) groups is 1. The van der Waals surface area contributed by atoms with Crippen LogP contribution in [-0.2, 0) is 11.2 Å². The number of hydrazone groups is 1. The van der Waals surface area contributed by atoms with Crippen molar-refractivity contribution in [2.75, 3.05) is 14.2 Å². The summed E-state index contributed by atoms with van der Waals surface area (Å²) in [6, 6.07) is 14.9. The van der Waals surface area contributed by atoms with E-state index in [0.717, 1.165) is 28.3 Å². The number of rotatable bonds is 6. The number of hydrogen-bond acceptors (Lipinski definition) is 4. The molecule has 0 spiro atoms. The molecule has 0 aromatic heterocycles. The summed E-state index contributed by atoms with van der Waals surface area (Å²) in [6.45, 7) is 1.84. The Morgan fingerprint density at radius 3 is 2.00 bits per heavy atom. The molecule has 1 N–H and O–H groups in total. The summed E-state index contributed by atoms with van der Waals surface area (Å²) in [5, 5.41) is 4.13. The molecule has 5 nitrogen and oxygen atoms in total. The second kappa shape index (κ2) is 7.98. The lowest BCUT2D eigenvalue weighted by atomic mass is 10.1. The zero-order valence-electron chi connectivity index (χ0n) is 13.5. The first-order valence-electron chi connectivity index (χ1n) is 7.23. The van der Waals surface area contributed by atoms with Gasteiger partial charge in [0, 0.05) is 0 Å². The Morgan fingerprint density at radius 2 is 1.48 bits per heavy atom. The van der Waals surface area contributed by atoms with E-state index in [-0.39, 0.29) is 12.3 Å². The SMILES string of the molecule is COc1ccc(CC(=O)N/N=C(/C)c2ccc(OC)cc2)cc1. The normalized spacial score (nSPS) is 11.0. The van der Waals surface area contributed by atoms with Crippen LogP contribution >= 0.6 is 0 Å². The third-order valence-corrected chi connectivity index (χ3v) is 3.38. The minimum Gasteiger partial charge on any atom is -0.497 e. The topological polar surface area (TPSA) is 59.9 Å². The van der Waals surface area contributed by atoms with Crippen LogP contribution in [0.3, 0.4) is 0 Å². The van der Waals surface area contributed by atoms with Crippen molar-refractivity contribution < 1.29 is 14.3 Å². The van der Waals surface area contributed by atoms with E-state index in [1.54, 1.807) is 14.2 Å². The molecule has 1 amide bonds. The van der Waals surface area contributed by atoms with E-state index in [2.05, 4.69) is 10.5 Å². The molecular weight excluding hydrogens is 292 g/mol. The van der Waals surface area contributed by atoms with Gasteiger partial charge in [0.05, 0.1) is 26.4 Å². The fourth-order valence-corrected chi connectivity index (χ4v) is 2.01. The first-order valence-corrected chi connectivity index (χ1v) is 7.23. The largest absolute Gasteiger partial charge is 0.497 e. The molecular formula is C18H20N2O3. The molecule has 0 radical (unpaired) electrons. The molecule has 2 aromatic carbocycles. The summed E-state index contributed by atoms with van der Waals surface area (Å²) < 4.78 is 10.2. The molecule has 0 aliphatic rings. The van der Waals surface area contributed by atoms with Crippen LogP contribution in [0.4, 0.5) is 0 Å². The molecule has 0 bridgehead atoms. The molecule has 0 aliphatic carbocycles. The Morgan fingerprint density at radius 1 is 0.957 bits per heavy atom. The zero-order chi connectivity index (χ0) is 16.7. The predicted molar refractivity (Wildman–Crippen MR) is 90.0 cm³/mol. The molecule has 0 unspecified atom stereocenters. The lowest BCUT2D eigenvalue weighted by molar-refractivity contribution is -0.120. The van der Waals surface area contributed by atoms with Gasteiger partial charge >= 0.3 is 0 Å². The van der Waals surface area contributed by atoms with E-state index in [1.165, 1.54) is 0 Å². The average Bonchev–Trinajstić information content (AvgIpc) is 2.60. The lowest BCUT2D eigenvalue weighted by Gasteiger charge is -2.05. The Labute approximate surface area is 135 Å². The Bertz CT molecular complexity index is 676. The standard InChI is InChI=1S/C18H20N2O3/c1-13(15-6-10-17(23-3)11-7-15)19-20-18(21)12-14-4-8-16(22-2)9-5-14/h4-11H,12H2,1-3H3,(H,20,21)/b19-13-. The molecule has 0 saturated heterocycles. The van der Waals surface area contributed by atoms with Gasteiger partial charge in [0.1, 0.15) is 11.5 Å². The van der Waals surface area contributed by atoms with Crippen molar-refractivity contribution in [2.45, 2.75) is 13.3 Å². The first-order chi connectivity index (χ1) is 11.1. The fraction of sp³-hybridized carbons (Fsp3) is 0.222. The first kappa shape index (κ1) is 16.5. The summed E-state index contributed by atoms with van der Waals surface area (Å²) >= 11 is 0. The highest BCUT2D eigenvalue weighted by Gasteiger charge is 2.04. The van der Waals surface area contributed by atoms with E-state index >= 15 is 0 Å². The highest BCUT2D eigenvalue weighted by atomic mass is 16.5. The van der Waals surface area contributed by atoms with Crippen molar-refractivity contribution in [3.63, 3.8) is 0 Å². The van der Waals surface area contributed by atoms with Crippen LogP contribution in [0.2, 0.25) is 0 Å². The van der Waals surface area contributed by atoms with Gasteiger partial charge in [-0.15, -0.1) is 0 Å². The molecule has 0 heterocycles. The molecule has 2 aromatic rings. The number of nitrogens with zero attached hydrogens (tertiary/aromatic N) is 1. The molecule has 23 heavy (non-hydrogen) atoms. The van der Waals surface area contributed by atoms with E-state index in [4.69, 9.17) is 9.47 Å². The van der Waals surface area contributed by atoms with Crippen LogP contribution in [-0.4, -0.2) is 25.8 Å². The maximum atomic E-state index is 11.9. The Balaban J connectivity index is 1.93. The van der Waals surface area contributed by atoms with E-state index in [0.29, 0.717) is 0 Å². The van der Waals surface area contributed by atoms with E-state index in [1.807, 2.05) is 55.5 Å². The van der Waals surface area contributed by atoms with Gasteiger partial charge < -0.3 is 9.47 Å². The van der Waals surface area contributed by atoms with Crippen molar-refractivity contribution in [2.24, 2.45) is 5.10 Å². The molecule has 0 atom stereocenters. The smallest absolute Gasteiger partial charge is 0.244 e. The summed E-state index contributed by atoms with van der Waals surface area (Å²) in [7, 11) is 3.23. The number of carbonyl (C=O) groups excluding carboxylic acids is 1. The van der Waals surface area contributed by atoms with Gasteiger partial charge in [-0.25, -0.2) is 5.43 Å². The second-order valence-corrected chi connectivity index (χ2v) is 4.99. The van der Waals surface area contributed by atoms with Crippen molar-refractivity contribution in [1.29, 1.82) is 0 Å². The average molecular weight is 312 g/mol. The van der Waals surface area contributed by atoms with Crippen molar-refractivity contribution in [3.8, 4) is 11.5 Å². The summed E-state index contributed by atoms with van der Waals surface area (Å²) in [4.78, 5) is 11.9. The minimum atomic E-state index is -0.164. The zero-order valence-corrected chi connectivity index (χ0v) is 13.5. The van der Waals surface area contributed by atoms with Gasteiger partial charge in [-0.05, 0) is 54.4 Å². The maximum absolute atomic E-state index is 11.9. The third kappa shape index (κ3) is 4.85. The highest BCUT2D eigenvalue weighted by molar-refractivity contribution is 5.99. The summed E-state index contributed by atoms with van der Waals surface area (Å²) in [5.41, 5.74) is 5.14. The summed E-state index contributed by atoms with van der Waals surface area (Å²) in [6.07, 6.45) is 0.267. The van der Waals surface area contributed by atoms with Crippen molar-refractivity contribution >= 4 is 11.6 Å². The second-order valence-electron chi connectivity index (χ2n) is 4.99. The van der Waals surface area contributed by atoms with Gasteiger partial charge in [-0.1, -0.05) is 12.1 Å². The number of hydrogen-bond donors (Lipinski definition) is 1. The Hall–Kier alpha value is -2.82. The molecule has 0 aliphatic heterocycles. The van der Waals surface area contributed by atoms with Crippen LogP contribution in [0.1, 0.15) is 18.1 Å². The van der Waals surface area contributed by atoms with Crippen LogP contribution in [0.25, 0.3) is 0 Å². The number of methoxy groups -OCH3 is 2. The molecule has 5 heteroatoms. The molecule has 2 rings (SSSR count). The van der Waals surface area contributed by atoms with Gasteiger partial charge in [-0.2, -0.15) is 5.10 Å². The van der Waals surface area contributed by atoms with Crippen LogP contribution in [0.15, 0.2) is 53.6 Å². The number of benzene rings is 2. The molecule has 120 valence electrons. The quantitative estimate of drug-likeness (QED) is 0.659. The van der Waals surface area contributed by atoms with E-state index < -0.39 is 0 Å². The number of amides is 1. The molecule has 0 fully saturated rings. The van der Waals surface area contributed by atoms with Crippen LogP contribution in [0.5, 0.6) is 11.5 Å². The minimum absolute atomic E-state index is 0.164. The fourth-order valence-electron chi connectivity index (χ4n) is 2.01. The predicted octanol–water partition coefficient (Wildman–Crippen LogP) is 2.79. The van der Waals surface area contributed by atoms with E-state index in [9.17, 15) is 4.79 Å². The van der Waals surface area contributed by atoms with Gasteiger partial charge in [0.15, 0.2) is 0 Å². The molecule has 0 saturated carbocycles. The maximum Gasteiger partial charge on any atom is 0.244 e. The van der Waals surface area contributed by atoms with Crippen LogP contribution < -0.4 is 14.9 Å². The summed E-state index contributed by atoms with van der Waals surface area (Å²) in [5.74, 6) is 1.38. The third-order valence-electron chi connectivity index (χ3n) is 3.38. The van der Waals surface area contributed by atoms with Gasteiger partial charge in [0.2, 0.25) is 5.91 Å². The number of nitrogens with one attached hydrogen (secondary N) is 1. The monoisotopic (exact) mass is 312 g/mol. The number of ether oxygens (including phenoxy) is 2.